The van der Waals surface area contributed by atoms with E-state index in [-0.39, 0.29) is 5.56 Å². The van der Waals surface area contributed by atoms with Crippen molar-refractivity contribution in [2.75, 3.05) is 6.54 Å². The number of carboxylic acid groups (broad SMARTS) is 1. The summed E-state index contributed by atoms with van der Waals surface area (Å²) in [5.74, 6) is -1.60. The zero-order valence-electron chi connectivity index (χ0n) is 10.4. The molecule has 1 fully saturated rings. The van der Waals surface area contributed by atoms with Crippen LogP contribution in [0.25, 0.3) is 4.96 Å². The molecule has 0 aliphatic carbocycles. The van der Waals surface area contributed by atoms with Gasteiger partial charge in [0.25, 0.3) is 11.5 Å². The number of carbonyl (C=O) groups is 2. The molecule has 3 rings (SSSR count). The van der Waals surface area contributed by atoms with Gasteiger partial charge in [-0.3, -0.25) is 14.0 Å². The fraction of sp³-hybridized carbons (Fsp3) is 0.333. The van der Waals surface area contributed by atoms with Gasteiger partial charge in [0.15, 0.2) is 4.96 Å². The second-order valence-electron chi connectivity index (χ2n) is 4.53. The Morgan fingerprint density at radius 3 is 3.00 bits per heavy atom. The van der Waals surface area contributed by atoms with Crippen molar-refractivity contribution in [1.29, 1.82) is 0 Å². The van der Waals surface area contributed by atoms with Crippen molar-refractivity contribution in [3.8, 4) is 0 Å². The molecular weight excluding hydrogens is 282 g/mol. The van der Waals surface area contributed by atoms with Crippen LogP contribution in [-0.2, 0) is 4.79 Å². The fourth-order valence-electron chi connectivity index (χ4n) is 2.39. The topological polar surface area (TPSA) is 92.0 Å². The lowest BCUT2D eigenvalue weighted by atomic mass is 10.2. The van der Waals surface area contributed by atoms with Gasteiger partial charge < -0.3 is 10.0 Å². The van der Waals surface area contributed by atoms with E-state index >= 15 is 0 Å². The number of likely N-dealkylation sites (tertiary alicyclic amines) is 1. The number of thiazole rings is 1. The third kappa shape index (κ3) is 1.88. The van der Waals surface area contributed by atoms with Gasteiger partial charge in [-0.05, 0) is 12.8 Å². The Labute approximate surface area is 117 Å². The number of aliphatic carboxylic acids is 1. The lowest BCUT2D eigenvalue weighted by Crippen LogP contribution is -2.42. The Morgan fingerprint density at radius 1 is 1.45 bits per heavy atom. The first-order valence-corrected chi connectivity index (χ1v) is 6.96. The molecule has 104 valence electrons. The van der Waals surface area contributed by atoms with Gasteiger partial charge in [0.05, 0.1) is 0 Å². The summed E-state index contributed by atoms with van der Waals surface area (Å²) < 4.78 is 1.30. The van der Waals surface area contributed by atoms with E-state index in [4.69, 9.17) is 5.11 Å². The summed E-state index contributed by atoms with van der Waals surface area (Å²) >= 11 is 1.29. The second kappa shape index (κ2) is 4.71. The van der Waals surface area contributed by atoms with Crippen LogP contribution in [0.1, 0.15) is 23.2 Å². The maximum absolute atomic E-state index is 12.4. The third-order valence-electron chi connectivity index (χ3n) is 3.37. The Hall–Kier alpha value is -2.22. The molecule has 2 aromatic heterocycles. The van der Waals surface area contributed by atoms with Crippen LogP contribution in [0.3, 0.4) is 0 Å². The molecule has 0 radical (unpaired) electrons. The highest BCUT2D eigenvalue weighted by molar-refractivity contribution is 7.15. The van der Waals surface area contributed by atoms with Crippen LogP contribution in [0.4, 0.5) is 0 Å². The molecule has 0 saturated carbocycles. The smallest absolute Gasteiger partial charge is 0.326 e. The van der Waals surface area contributed by atoms with E-state index in [2.05, 4.69) is 4.98 Å². The first-order valence-electron chi connectivity index (χ1n) is 6.08. The van der Waals surface area contributed by atoms with Crippen molar-refractivity contribution < 1.29 is 14.7 Å². The molecule has 1 saturated heterocycles. The van der Waals surface area contributed by atoms with Crippen LogP contribution in [0.5, 0.6) is 0 Å². The van der Waals surface area contributed by atoms with Crippen LogP contribution in [-0.4, -0.2) is 43.9 Å². The summed E-state index contributed by atoms with van der Waals surface area (Å²) in [6, 6.07) is -0.856. The minimum absolute atomic E-state index is 0.0888. The lowest BCUT2D eigenvalue weighted by molar-refractivity contribution is -0.141. The van der Waals surface area contributed by atoms with Gasteiger partial charge in [0, 0.05) is 24.3 Å². The van der Waals surface area contributed by atoms with E-state index in [1.165, 1.54) is 26.8 Å². The fourth-order valence-corrected chi connectivity index (χ4v) is 3.07. The molecule has 2 aromatic rings. The Balaban J connectivity index is 2.02. The monoisotopic (exact) mass is 293 g/mol. The number of carboxylic acids is 1. The van der Waals surface area contributed by atoms with Crippen LogP contribution in [0.2, 0.25) is 0 Å². The summed E-state index contributed by atoms with van der Waals surface area (Å²) in [6.07, 6.45) is 3.81. The predicted molar refractivity (Wildman–Crippen MR) is 71.0 cm³/mol. The SMILES string of the molecule is O=C(O)[C@@H]1CCCN1C(=O)c1cnc2sccn2c1=O. The van der Waals surface area contributed by atoms with E-state index in [1.807, 2.05) is 0 Å². The van der Waals surface area contributed by atoms with E-state index in [9.17, 15) is 14.4 Å². The zero-order chi connectivity index (χ0) is 14.3. The van der Waals surface area contributed by atoms with Crippen molar-refractivity contribution in [3.05, 3.63) is 33.7 Å². The molecule has 1 aliphatic rings. The Bertz CT molecular complexity index is 750. The molecule has 1 atom stereocenters. The van der Waals surface area contributed by atoms with Crippen molar-refractivity contribution in [2.24, 2.45) is 0 Å². The quantitative estimate of drug-likeness (QED) is 0.867. The normalized spacial score (nSPS) is 18.6. The largest absolute Gasteiger partial charge is 0.480 e. The highest BCUT2D eigenvalue weighted by atomic mass is 32.1. The molecule has 1 N–H and O–H groups in total. The van der Waals surface area contributed by atoms with Crippen LogP contribution in [0, 0.1) is 0 Å². The highest BCUT2D eigenvalue weighted by Gasteiger charge is 2.35. The van der Waals surface area contributed by atoms with E-state index in [0.29, 0.717) is 24.3 Å². The molecule has 8 heteroatoms. The minimum Gasteiger partial charge on any atom is -0.480 e. The van der Waals surface area contributed by atoms with E-state index in [1.54, 1.807) is 11.6 Å². The predicted octanol–water partition coefficient (Wildman–Crippen LogP) is 0.445. The maximum Gasteiger partial charge on any atom is 0.326 e. The third-order valence-corrected chi connectivity index (χ3v) is 4.14. The molecular formula is C12H11N3O4S. The van der Waals surface area contributed by atoms with Gasteiger partial charge in [-0.15, -0.1) is 11.3 Å². The van der Waals surface area contributed by atoms with Crippen molar-refractivity contribution in [3.63, 3.8) is 0 Å². The van der Waals surface area contributed by atoms with Crippen LogP contribution >= 0.6 is 11.3 Å². The molecule has 0 bridgehead atoms. The second-order valence-corrected chi connectivity index (χ2v) is 5.40. The Morgan fingerprint density at radius 2 is 2.25 bits per heavy atom. The molecule has 1 amide bonds. The molecule has 0 aromatic carbocycles. The first-order chi connectivity index (χ1) is 9.59. The lowest BCUT2D eigenvalue weighted by Gasteiger charge is -2.20. The number of hydrogen-bond acceptors (Lipinski definition) is 5. The number of aromatic nitrogens is 2. The standard InChI is InChI=1S/C12H11N3O4S/c16-9(14-3-1-2-8(14)11(18)19)7-6-13-12-15(10(7)17)4-5-20-12/h4-6,8H,1-3H2,(H,18,19)/t8-/m0/s1. The number of amides is 1. The van der Waals surface area contributed by atoms with Crippen LogP contribution in [0.15, 0.2) is 22.6 Å². The summed E-state index contributed by atoms with van der Waals surface area (Å²) in [5, 5.41) is 10.8. The minimum atomic E-state index is -1.04. The first kappa shape index (κ1) is 12.8. The number of rotatable bonds is 2. The van der Waals surface area contributed by atoms with E-state index < -0.39 is 23.5 Å². The molecule has 20 heavy (non-hydrogen) atoms. The van der Waals surface area contributed by atoms with Crippen molar-refractivity contribution in [1.82, 2.24) is 14.3 Å². The number of fused-ring (bicyclic) bond motifs is 1. The summed E-state index contributed by atoms with van der Waals surface area (Å²) in [4.78, 5) is 41.5. The van der Waals surface area contributed by atoms with Gasteiger partial charge in [-0.25, -0.2) is 9.78 Å². The average molecular weight is 293 g/mol. The van der Waals surface area contributed by atoms with Crippen LogP contribution < -0.4 is 5.56 Å². The number of nitrogens with zero attached hydrogens (tertiary/aromatic N) is 3. The van der Waals surface area contributed by atoms with Gasteiger partial charge in [-0.1, -0.05) is 0 Å². The van der Waals surface area contributed by atoms with Gasteiger partial charge in [0.1, 0.15) is 11.6 Å². The van der Waals surface area contributed by atoms with E-state index in [0.717, 1.165) is 0 Å². The van der Waals surface area contributed by atoms with Gasteiger partial charge in [-0.2, -0.15) is 0 Å². The number of carbonyl (C=O) groups excluding carboxylic acids is 1. The summed E-state index contributed by atoms with van der Waals surface area (Å²) in [7, 11) is 0. The summed E-state index contributed by atoms with van der Waals surface area (Å²) in [6.45, 7) is 0.349. The molecule has 7 nitrogen and oxygen atoms in total. The van der Waals surface area contributed by atoms with Gasteiger partial charge in [0.2, 0.25) is 0 Å². The van der Waals surface area contributed by atoms with Crippen molar-refractivity contribution >= 4 is 28.2 Å². The summed E-state index contributed by atoms with van der Waals surface area (Å²) in [5.41, 5.74) is -0.550. The zero-order valence-corrected chi connectivity index (χ0v) is 11.2. The number of hydrogen-bond donors (Lipinski definition) is 1. The molecule has 0 unspecified atom stereocenters. The maximum atomic E-state index is 12.4. The molecule has 0 spiro atoms. The highest BCUT2D eigenvalue weighted by Crippen LogP contribution is 2.19. The van der Waals surface area contributed by atoms with Crippen molar-refractivity contribution in [2.45, 2.75) is 18.9 Å². The Kier molecular flexibility index (Phi) is 3.01. The average Bonchev–Trinajstić information content (AvgIpc) is 3.07. The molecule has 3 heterocycles. The van der Waals surface area contributed by atoms with Gasteiger partial charge >= 0.3 is 5.97 Å². The molecule has 1 aliphatic heterocycles.